The predicted octanol–water partition coefficient (Wildman–Crippen LogP) is 12.3. The Balaban J connectivity index is 1.08. The Bertz CT molecular complexity index is 3660. The third-order valence-corrected chi connectivity index (χ3v) is 12.7. The summed E-state index contributed by atoms with van der Waals surface area (Å²) in [5, 5.41) is 48.4. The van der Waals surface area contributed by atoms with Gasteiger partial charge in [-0.05, 0) is 133 Å². The molecule has 7 aromatic carbocycles. The fraction of sp³-hybridized carbons (Fsp3) is 0.111. The monoisotopic (exact) mass is 1010 g/mol. The molecule has 0 atom stereocenters. The molecule has 5 N–H and O–H groups in total. The lowest BCUT2D eigenvalue weighted by Gasteiger charge is -2.12. The number of fused-ring (bicyclic) bond motifs is 1. The van der Waals surface area contributed by atoms with E-state index in [1.807, 2.05) is 0 Å². The number of phenolic OH excluding ortho intramolecular Hbond substituents is 1. The van der Waals surface area contributed by atoms with E-state index in [0.717, 1.165) is 17.8 Å². The fourth-order valence-electron chi connectivity index (χ4n) is 6.59. The predicted molar refractivity (Wildman–Crippen MR) is 256 cm³/mol. The van der Waals surface area contributed by atoms with Gasteiger partial charge in [0, 0.05) is 28.9 Å². The van der Waals surface area contributed by atoms with Crippen LogP contribution in [0.3, 0.4) is 0 Å². The van der Waals surface area contributed by atoms with Crippen LogP contribution >= 0.6 is 0 Å². The first-order valence-corrected chi connectivity index (χ1v) is 24.4. The zero-order valence-electron chi connectivity index (χ0n) is 37.2. The molecule has 0 saturated carbocycles. The van der Waals surface area contributed by atoms with Crippen LogP contribution in [0.2, 0.25) is 0 Å². The van der Waals surface area contributed by atoms with Gasteiger partial charge in [-0.25, -0.2) is 0 Å². The number of phenols is 1. The maximum absolute atomic E-state index is 12.6. The van der Waals surface area contributed by atoms with Gasteiger partial charge in [0.1, 0.15) is 49.8 Å². The van der Waals surface area contributed by atoms with Crippen molar-refractivity contribution in [3.05, 3.63) is 126 Å². The van der Waals surface area contributed by atoms with E-state index in [2.05, 4.69) is 46.2 Å². The minimum atomic E-state index is -4.94. The van der Waals surface area contributed by atoms with E-state index in [4.69, 9.17) is 14.2 Å². The van der Waals surface area contributed by atoms with Crippen molar-refractivity contribution in [2.75, 3.05) is 26.6 Å². The zero-order valence-corrected chi connectivity index (χ0v) is 39.7. The highest BCUT2D eigenvalue weighted by molar-refractivity contribution is 7.87. The zero-order chi connectivity index (χ0) is 50.5. The number of nitrogens with one attached hydrogen (secondary N) is 1. The maximum atomic E-state index is 12.6. The Morgan fingerprint density at radius 2 is 0.957 bits per heavy atom. The van der Waals surface area contributed by atoms with Gasteiger partial charge in [-0.15, -0.1) is 20.5 Å². The summed E-state index contributed by atoms with van der Waals surface area (Å²) < 4.78 is 117. The average molecular weight is 1010 g/mol. The molecule has 0 aromatic heterocycles. The molecule has 25 heteroatoms. The quantitative estimate of drug-likeness (QED) is 0.0444. The number of nitrogens with zero attached hydrogens (tertiary/aromatic N) is 8. The molecule has 0 bridgehead atoms. The summed E-state index contributed by atoms with van der Waals surface area (Å²) in [6, 6.07) is 28.2. The molecule has 0 amide bonds. The van der Waals surface area contributed by atoms with E-state index in [9.17, 15) is 44.0 Å². The minimum absolute atomic E-state index is 0.0542. The number of ether oxygens (including phenoxy) is 3. The van der Waals surface area contributed by atoms with Gasteiger partial charge < -0.3 is 24.6 Å². The number of benzene rings is 7. The van der Waals surface area contributed by atoms with E-state index in [0.29, 0.717) is 51.4 Å². The number of hydrogen-bond donors (Lipinski definition) is 5. The molecule has 0 radical (unpaired) electrons. The van der Waals surface area contributed by atoms with Crippen LogP contribution < -0.4 is 19.5 Å². The van der Waals surface area contributed by atoms with Crippen LogP contribution in [0, 0.1) is 13.8 Å². The average Bonchev–Trinajstić information content (AvgIpc) is 3.31. The second-order valence-electron chi connectivity index (χ2n) is 14.9. The molecule has 22 nitrogen and oxygen atoms in total. The number of anilines is 2. The first kappa shape index (κ1) is 49.8. The summed E-state index contributed by atoms with van der Waals surface area (Å²) in [4.78, 5) is -2.32. The highest BCUT2D eigenvalue weighted by atomic mass is 32.2. The van der Waals surface area contributed by atoms with Crippen LogP contribution in [0.5, 0.6) is 23.0 Å². The molecule has 0 unspecified atom stereocenters. The summed E-state index contributed by atoms with van der Waals surface area (Å²) in [5.74, 6) is 0.412. The lowest BCUT2D eigenvalue weighted by atomic mass is 10.1. The van der Waals surface area contributed by atoms with Gasteiger partial charge in [0.15, 0.2) is 5.75 Å². The van der Waals surface area contributed by atoms with E-state index in [-0.39, 0.29) is 39.3 Å². The van der Waals surface area contributed by atoms with Gasteiger partial charge in [0.2, 0.25) is 0 Å². The molecule has 0 aliphatic rings. The Hall–Kier alpha value is -8.07. The molecule has 0 saturated heterocycles. The van der Waals surface area contributed by atoms with E-state index in [1.165, 1.54) is 38.5 Å². The standard InChI is InChI=1S/C45H39N9O13S3/c1-25-18-31(9-15-35(25)49-47-30-10-16-36(26(2)19-30)50-51-37-17-13-33(68(56,57)58)22-42(37)69(59,60)61)48-52-38-23-41(67-5)39(24-40(38)66-4)53-54-44-43(70(62,63)64)21-27-20-29(8-14-34(27)45(44)55)46-28-6-11-32(65-3)12-7-28/h6-24,46,55H,1-5H3,(H,56,57,58)(H,59,60,61)(H,62,63,64). The molecular formula is C45H39N9O13S3. The second kappa shape index (κ2) is 20.3. The van der Waals surface area contributed by atoms with Crippen LogP contribution in [0.15, 0.2) is 171 Å². The van der Waals surface area contributed by atoms with Crippen LogP contribution in [-0.4, -0.2) is 65.3 Å². The summed E-state index contributed by atoms with van der Waals surface area (Å²) in [6.45, 7) is 3.47. The van der Waals surface area contributed by atoms with Crippen molar-refractivity contribution in [2.24, 2.45) is 40.9 Å². The van der Waals surface area contributed by atoms with E-state index in [1.54, 1.807) is 93.8 Å². The third-order valence-electron chi connectivity index (χ3n) is 10.1. The molecule has 7 rings (SSSR count). The van der Waals surface area contributed by atoms with Gasteiger partial charge >= 0.3 is 0 Å². The summed E-state index contributed by atoms with van der Waals surface area (Å²) in [7, 11) is -10.3. The normalized spacial score (nSPS) is 12.5. The summed E-state index contributed by atoms with van der Waals surface area (Å²) >= 11 is 0. The molecule has 0 fully saturated rings. The molecule has 360 valence electrons. The van der Waals surface area contributed by atoms with Gasteiger partial charge in [-0.3, -0.25) is 13.7 Å². The van der Waals surface area contributed by atoms with Crippen molar-refractivity contribution in [2.45, 2.75) is 28.5 Å². The van der Waals surface area contributed by atoms with Crippen LogP contribution in [0.1, 0.15) is 11.1 Å². The molecule has 0 spiro atoms. The van der Waals surface area contributed by atoms with Gasteiger partial charge in [0.25, 0.3) is 30.4 Å². The number of rotatable bonds is 16. The van der Waals surface area contributed by atoms with Crippen molar-refractivity contribution in [1.82, 2.24) is 0 Å². The summed E-state index contributed by atoms with van der Waals surface area (Å²) in [6.07, 6.45) is 0. The largest absolute Gasteiger partial charge is 0.505 e. The van der Waals surface area contributed by atoms with Crippen LogP contribution in [-0.2, 0) is 30.4 Å². The molecular weight excluding hydrogens is 971 g/mol. The van der Waals surface area contributed by atoms with Crippen molar-refractivity contribution in [3.8, 4) is 23.0 Å². The number of azo groups is 4. The topological polar surface area (TPSA) is 322 Å². The van der Waals surface area contributed by atoms with Crippen LogP contribution in [0.4, 0.5) is 56.9 Å². The second-order valence-corrected chi connectivity index (χ2v) is 19.1. The molecule has 70 heavy (non-hydrogen) atoms. The number of aromatic hydroxyl groups is 1. The van der Waals surface area contributed by atoms with E-state index >= 15 is 0 Å². The highest BCUT2D eigenvalue weighted by Crippen LogP contribution is 2.45. The van der Waals surface area contributed by atoms with Crippen LogP contribution in [0.25, 0.3) is 10.8 Å². The van der Waals surface area contributed by atoms with Gasteiger partial charge in [0.05, 0.1) is 49.0 Å². The van der Waals surface area contributed by atoms with E-state index < -0.39 is 56.5 Å². The highest BCUT2D eigenvalue weighted by Gasteiger charge is 2.24. The van der Waals surface area contributed by atoms with Gasteiger partial charge in [-0.1, -0.05) is 0 Å². The Labute approximate surface area is 400 Å². The maximum Gasteiger partial charge on any atom is 0.296 e. The first-order chi connectivity index (χ1) is 33.1. The smallest absolute Gasteiger partial charge is 0.296 e. The molecule has 0 aliphatic heterocycles. The molecule has 7 aromatic rings. The number of hydrogen-bond acceptors (Lipinski definition) is 19. The van der Waals surface area contributed by atoms with Crippen molar-refractivity contribution in [1.29, 1.82) is 0 Å². The number of methoxy groups -OCH3 is 3. The summed E-state index contributed by atoms with van der Waals surface area (Å²) in [5.41, 5.74) is 3.58. The van der Waals surface area contributed by atoms with Crippen molar-refractivity contribution in [3.63, 3.8) is 0 Å². The Morgan fingerprint density at radius 1 is 0.457 bits per heavy atom. The molecule has 0 heterocycles. The molecule has 0 aliphatic carbocycles. The van der Waals surface area contributed by atoms with Crippen molar-refractivity contribution < 1.29 is 58.2 Å². The van der Waals surface area contributed by atoms with Gasteiger partial charge in [-0.2, -0.15) is 45.7 Å². The minimum Gasteiger partial charge on any atom is -0.505 e. The fourth-order valence-corrected chi connectivity index (χ4v) is 8.48. The Morgan fingerprint density at radius 3 is 1.47 bits per heavy atom. The SMILES string of the molecule is COc1ccc(Nc2ccc3c(O)c(N=Nc4cc(OC)c(N=Nc5ccc(N=Nc6ccc(N=Nc7ccc(S(=O)(=O)O)cc7S(=O)(=O)O)c(C)c6)c(C)c5)cc4OC)c(S(=O)(=O)O)cc3c2)cc1. The first-order valence-electron chi connectivity index (χ1n) is 20.1. The lowest BCUT2D eigenvalue weighted by Crippen LogP contribution is -2.03. The Kier molecular flexibility index (Phi) is 14.4. The van der Waals surface area contributed by atoms with Crippen molar-refractivity contribution >= 4 is 98.0 Å². The lowest BCUT2D eigenvalue weighted by molar-refractivity contribution is 0.405. The number of aryl methyl sites for hydroxylation is 2. The third kappa shape index (κ3) is 11.6.